The van der Waals surface area contributed by atoms with Crippen molar-refractivity contribution >= 4 is 10.0 Å². The summed E-state index contributed by atoms with van der Waals surface area (Å²) in [6.07, 6.45) is 3.12. The molecule has 1 aliphatic carbocycles. The zero-order valence-electron chi connectivity index (χ0n) is 11.2. The van der Waals surface area contributed by atoms with Crippen LogP contribution in [0.3, 0.4) is 0 Å². The van der Waals surface area contributed by atoms with Gasteiger partial charge < -0.3 is 5.11 Å². The molecule has 1 aliphatic rings. The lowest BCUT2D eigenvalue weighted by atomic mass is 9.88. The van der Waals surface area contributed by atoms with Crippen molar-refractivity contribution in [2.75, 3.05) is 6.54 Å². The molecule has 0 atom stereocenters. The Morgan fingerprint density at radius 1 is 1.16 bits per heavy atom. The van der Waals surface area contributed by atoms with E-state index in [0.29, 0.717) is 17.4 Å². The van der Waals surface area contributed by atoms with Gasteiger partial charge in [0, 0.05) is 6.54 Å². The minimum atomic E-state index is -3.40. The summed E-state index contributed by atoms with van der Waals surface area (Å²) in [5, 5.41) is 9.42. The molecule has 0 amide bonds. The molecule has 0 bridgehead atoms. The van der Waals surface area contributed by atoms with Crippen molar-refractivity contribution in [3.63, 3.8) is 0 Å². The molecule has 4 nitrogen and oxygen atoms in total. The number of hydrogen-bond acceptors (Lipinski definition) is 3. The second-order valence-corrected chi connectivity index (χ2v) is 7.11. The van der Waals surface area contributed by atoms with E-state index in [9.17, 15) is 13.5 Å². The molecule has 0 aromatic heterocycles. The first-order valence-electron chi connectivity index (χ1n) is 6.72. The smallest absolute Gasteiger partial charge is 0.240 e. The van der Waals surface area contributed by atoms with E-state index in [0.717, 1.165) is 31.2 Å². The molecule has 2 rings (SSSR count). The second-order valence-electron chi connectivity index (χ2n) is 5.34. The van der Waals surface area contributed by atoms with Crippen LogP contribution in [0, 0.1) is 12.8 Å². The summed E-state index contributed by atoms with van der Waals surface area (Å²) in [6.45, 7) is 2.39. The summed E-state index contributed by atoms with van der Waals surface area (Å²) >= 11 is 0. The van der Waals surface area contributed by atoms with Crippen LogP contribution in [0.25, 0.3) is 0 Å². The van der Waals surface area contributed by atoms with Crippen molar-refractivity contribution in [2.24, 2.45) is 5.92 Å². The zero-order valence-corrected chi connectivity index (χ0v) is 12.0. The van der Waals surface area contributed by atoms with Crippen LogP contribution in [0.4, 0.5) is 0 Å². The quantitative estimate of drug-likeness (QED) is 0.886. The molecule has 0 heterocycles. The van der Waals surface area contributed by atoms with Crippen molar-refractivity contribution in [3.8, 4) is 0 Å². The maximum absolute atomic E-state index is 12.1. The van der Waals surface area contributed by atoms with E-state index in [1.807, 2.05) is 6.92 Å². The molecule has 0 radical (unpaired) electrons. The number of aliphatic hydroxyl groups excluding tert-OH is 1. The highest BCUT2D eigenvalue weighted by molar-refractivity contribution is 7.89. The van der Waals surface area contributed by atoms with Gasteiger partial charge >= 0.3 is 0 Å². The van der Waals surface area contributed by atoms with Crippen LogP contribution in [0.15, 0.2) is 29.2 Å². The molecular weight excluding hydrogens is 262 g/mol. The fraction of sp³-hybridized carbons (Fsp3) is 0.571. The normalized spacial score (nSPS) is 24.3. The van der Waals surface area contributed by atoms with Crippen LogP contribution in [0.1, 0.15) is 31.2 Å². The fourth-order valence-corrected chi connectivity index (χ4v) is 3.49. The van der Waals surface area contributed by atoms with Gasteiger partial charge in [-0.1, -0.05) is 17.7 Å². The summed E-state index contributed by atoms with van der Waals surface area (Å²) in [6, 6.07) is 6.85. The van der Waals surface area contributed by atoms with Gasteiger partial charge in [-0.3, -0.25) is 0 Å². The zero-order chi connectivity index (χ0) is 13.9. The molecule has 1 saturated carbocycles. The van der Waals surface area contributed by atoms with Gasteiger partial charge in [0.05, 0.1) is 11.0 Å². The van der Waals surface area contributed by atoms with Crippen LogP contribution in [-0.2, 0) is 10.0 Å². The number of rotatable bonds is 4. The van der Waals surface area contributed by atoms with Crippen molar-refractivity contribution in [1.29, 1.82) is 0 Å². The first kappa shape index (κ1) is 14.5. The maximum atomic E-state index is 12.1. The third-order valence-corrected chi connectivity index (χ3v) is 5.15. The van der Waals surface area contributed by atoms with Crippen molar-refractivity contribution in [2.45, 2.75) is 43.6 Å². The van der Waals surface area contributed by atoms with Crippen LogP contribution in [-0.4, -0.2) is 26.2 Å². The summed E-state index contributed by atoms with van der Waals surface area (Å²) in [4.78, 5) is 0.314. The summed E-state index contributed by atoms with van der Waals surface area (Å²) in [7, 11) is -3.40. The van der Waals surface area contributed by atoms with E-state index >= 15 is 0 Å². The van der Waals surface area contributed by atoms with E-state index in [1.165, 1.54) is 0 Å². The predicted molar refractivity (Wildman–Crippen MR) is 74.3 cm³/mol. The summed E-state index contributed by atoms with van der Waals surface area (Å²) in [5.41, 5.74) is 1.04. The number of sulfonamides is 1. The van der Waals surface area contributed by atoms with E-state index in [1.54, 1.807) is 24.3 Å². The number of aliphatic hydroxyl groups is 1. The monoisotopic (exact) mass is 283 g/mol. The Morgan fingerprint density at radius 2 is 1.74 bits per heavy atom. The fourth-order valence-electron chi connectivity index (χ4n) is 2.38. The lowest BCUT2D eigenvalue weighted by Gasteiger charge is -2.25. The number of aryl methyl sites for hydroxylation is 1. The van der Waals surface area contributed by atoms with Gasteiger partial charge in [0.2, 0.25) is 10.0 Å². The third kappa shape index (κ3) is 4.03. The first-order valence-corrected chi connectivity index (χ1v) is 8.20. The van der Waals surface area contributed by atoms with Crippen LogP contribution >= 0.6 is 0 Å². The van der Waals surface area contributed by atoms with Crippen LogP contribution < -0.4 is 4.72 Å². The maximum Gasteiger partial charge on any atom is 0.240 e. The lowest BCUT2D eigenvalue weighted by molar-refractivity contribution is 0.109. The SMILES string of the molecule is Cc1ccc(S(=O)(=O)NCC2CCC(O)CC2)cc1. The molecule has 0 aliphatic heterocycles. The average Bonchev–Trinajstić information content (AvgIpc) is 2.39. The van der Waals surface area contributed by atoms with Gasteiger partial charge in [-0.05, 0) is 50.7 Å². The molecule has 0 spiro atoms. The Balaban J connectivity index is 1.92. The predicted octanol–water partition coefficient (Wildman–Crippen LogP) is 1.82. The molecular formula is C14H21NO3S. The molecule has 5 heteroatoms. The highest BCUT2D eigenvalue weighted by Gasteiger charge is 2.21. The topological polar surface area (TPSA) is 66.4 Å². The van der Waals surface area contributed by atoms with Crippen molar-refractivity contribution < 1.29 is 13.5 Å². The Hall–Kier alpha value is -0.910. The summed E-state index contributed by atoms with van der Waals surface area (Å²) in [5.74, 6) is 0.337. The Kier molecular flexibility index (Phi) is 4.60. The molecule has 0 saturated heterocycles. The van der Waals surface area contributed by atoms with Gasteiger partial charge in [0.15, 0.2) is 0 Å². The van der Waals surface area contributed by atoms with Gasteiger partial charge in [0.25, 0.3) is 0 Å². The molecule has 1 aromatic carbocycles. The highest BCUT2D eigenvalue weighted by atomic mass is 32.2. The number of nitrogens with one attached hydrogen (secondary N) is 1. The van der Waals surface area contributed by atoms with Gasteiger partial charge in [-0.25, -0.2) is 13.1 Å². The third-order valence-electron chi connectivity index (χ3n) is 3.71. The van der Waals surface area contributed by atoms with Crippen LogP contribution in [0.2, 0.25) is 0 Å². The molecule has 106 valence electrons. The lowest BCUT2D eigenvalue weighted by Crippen LogP contribution is -2.32. The van der Waals surface area contributed by atoms with Crippen LogP contribution in [0.5, 0.6) is 0 Å². The molecule has 0 unspecified atom stereocenters. The Morgan fingerprint density at radius 3 is 2.32 bits per heavy atom. The van der Waals surface area contributed by atoms with E-state index in [-0.39, 0.29) is 6.10 Å². The largest absolute Gasteiger partial charge is 0.393 e. The highest BCUT2D eigenvalue weighted by Crippen LogP contribution is 2.24. The molecule has 1 aromatic rings. The molecule has 1 fully saturated rings. The van der Waals surface area contributed by atoms with Crippen molar-refractivity contribution in [3.05, 3.63) is 29.8 Å². The Bertz CT molecular complexity index is 502. The van der Waals surface area contributed by atoms with Crippen molar-refractivity contribution in [1.82, 2.24) is 4.72 Å². The van der Waals surface area contributed by atoms with E-state index in [2.05, 4.69) is 4.72 Å². The van der Waals surface area contributed by atoms with E-state index < -0.39 is 10.0 Å². The average molecular weight is 283 g/mol. The summed E-state index contributed by atoms with van der Waals surface area (Å²) < 4.78 is 26.8. The Labute approximate surface area is 114 Å². The first-order chi connectivity index (χ1) is 8.97. The minimum absolute atomic E-state index is 0.204. The standard InChI is InChI=1S/C14H21NO3S/c1-11-2-8-14(9-3-11)19(17,18)15-10-12-4-6-13(16)7-5-12/h2-3,8-9,12-13,15-16H,4-7,10H2,1H3. The number of benzene rings is 1. The molecule has 19 heavy (non-hydrogen) atoms. The van der Waals surface area contributed by atoms with Gasteiger partial charge in [-0.15, -0.1) is 0 Å². The van der Waals surface area contributed by atoms with E-state index in [4.69, 9.17) is 0 Å². The minimum Gasteiger partial charge on any atom is -0.393 e. The molecule has 2 N–H and O–H groups in total. The second kappa shape index (κ2) is 6.03. The number of hydrogen-bond donors (Lipinski definition) is 2. The van der Waals surface area contributed by atoms with Gasteiger partial charge in [-0.2, -0.15) is 0 Å². The van der Waals surface area contributed by atoms with Gasteiger partial charge in [0.1, 0.15) is 0 Å².